The largest absolute Gasteiger partial charge is 0.352 e. The third-order valence-corrected chi connectivity index (χ3v) is 5.85. The average molecular weight is 429 g/mol. The van der Waals surface area contributed by atoms with E-state index >= 15 is 0 Å². The summed E-state index contributed by atoms with van der Waals surface area (Å²) in [6, 6.07) is 10.3. The van der Waals surface area contributed by atoms with Crippen LogP contribution in [0.4, 0.5) is 0 Å². The Labute approximate surface area is 183 Å². The first-order valence-corrected chi connectivity index (χ1v) is 10.1. The van der Waals surface area contributed by atoms with Gasteiger partial charge in [-0.25, -0.2) is 0 Å². The molecule has 0 spiro atoms. The molecule has 1 amide bonds. The van der Waals surface area contributed by atoms with Crippen LogP contribution in [0.25, 0.3) is 0 Å². The van der Waals surface area contributed by atoms with Crippen molar-refractivity contribution in [3.05, 3.63) is 70.8 Å². The highest BCUT2D eigenvalue weighted by atomic mass is 35.5. The molecule has 1 aliphatic rings. The van der Waals surface area contributed by atoms with Gasteiger partial charge in [-0.2, -0.15) is 10.2 Å². The quantitative estimate of drug-likeness (QED) is 0.631. The molecule has 3 heterocycles. The van der Waals surface area contributed by atoms with Gasteiger partial charge in [-0.3, -0.25) is 14.2 Å². The second-order valence-corrected chi connectivity index (χ2v) is 7.83. The van der Waals surface area contributed by atoms with Crippen molar-refractivity contribution in [2.24, 2.45) is 13.0 Å². The van der Waals surface area contributed by atoms with Crippen LogP contribution in [0, 0.1) is 19.8 Å². The fourth-order valence-electron chi connectivity index (χ4n) is 4.14. The predicted molar refractivity (Wildman–Crippen MR) is 119 cm³/mol. The van der Waals surface area contributed by atoms with Gasteiger partial charge in [0.1, 0.15) is 0 Å². The van der Waals surface area contributed by atoms with Crippen LogP contribution in [0.1, 0.15) is 34.0 Å². The summed E-state index contributed by atoms with van der Waals surface area (Å²) in [5, 5.41) is 15.4. The lowest BCUT2D eigenvalue weighted by Gasteiger charge is -2.17. The summed E-state index contributed by atoms with van der Waals surface area (Å²) >= 11 is 0. The third kappa shape index (κ3) is 4.57. The molecule has 2 aromatic heterocycles. The van der Waals surface area contributed by atoms with Crippen molar-refractivity contribution in [1.29, 1.82) is 0 Å². The topological polar surface area (TPSA) is 76.8 Å². The van der Waals surface area contributed by atoms with Crippen molar-refractivity contribution in [3.8, 4) is 0 Å². The highest BCUT2D eigenvalue weighted by molar-refractivity contribution is 5.85. The van der Waals surface area contributed by atoms with Crippen molar-refractivity contribution in [1.82, 2.24) is 30.2 Å². The fraction of sp³-hybridized carbons (Fsp3) is 0.409. The maximum absolute atomic E-state index is 12.9. The number of nitrogens with one attached hydrogen (secondary N) is 2. The summed E-state index contributed by atoms with van der Waals surface area (Å²) in [6.45, 7) is 6.80. The lowest BCUT2D eigenvalue weighted by molar-refractivity contribution is -0.125. The Balaban J connectivity index is 0.00000256. The molecule has 30 heavy (non-hydrogen) atoms. The van der Waals surface area contributed by atoms with E-state index in [1.807, 2.05) is 49.2 Å². The van der Waals surface area contributed by atoms with Gasteiger partial charge in [0.15, 0.2) is 0 Å². The maximum Gasteiger partial charge on any atom is 0.225 e. The van der Waals surface area contributed by atoms with Crippen LogP contribution in [0.15, 0.2) is 42.7 Å². The zero-order valence-electron chi connectivity index (χ0n) is 17.6. The molecule has 4 rings (SSSR count). The number of halogens is 1. The van der Waals surface area contributed by atoms with E-state index in [-0.39, 0.29) is 30.2 Å². The van der Waals surface area contributed by atoms with Crippen LogP contribution in [0.2, 0.25) is 0 Å². The number of rotatable bonds is 6. The van der Waals surface area contributed by atoms with E-state index in [9.17, 15) is 4.79 Å². The van der Waals surface area contributed by atoms with Gasteiger partial charge in [0, 0.05) is 50.1 Å². The van der Waals surface area contributed by atoms with Gasteiger partial charge in [0.25, 0.3) is 0 Å². The molecular formula is C22H29ClN6O. The molecule has 0 saturated carbocycles. The molecule has 1 aliphatic heterocycles. The average Bonchev–Trinajstić information content (AvgIpc) is 3.42. The van der Waals surface area contributed by atoms with Crippen LogP contribution in [0.5, 0.6) is 0 Å². The minimum atomic E-state index is -0.0841. The number of aromatic nitrogens is 4. The Morgan fingerprint density at radius 3 is 2.70 bits per heavy atom. The van der Waals surface area contributed by atoms with Crippen molar-refractivity contribution in [3.63, 3.8) is 0 Å². The minimum Gasteiger partial charge on any atom is -0.352 e. The van der Waals surface area contributed by atoms with Gasteiger partial charge >= 0.3 is 0 Å². The van der Waals surface area contributed by atoms with Crippen LogP contribution in [0.3, 0.4) is 0 Å². The summed E-state index contributed by atoms with van der Waals surface area (Å²) in [5.41, 5.74) is 5.48. The molecule has 160 valence electrons. The summed E-state index contributed by atoms with van der Waals surface area (Å²) < 4.78 is 3.80. The number of aryl methyl sites for hydroxylation is 2. The smallest absolute Gasteiger partial charge is 0.225 e. The van der Waals surface area contributed by atoms with E-state index in [2.05, 4.69) is 39.9 Å². The summed E-state index contributed by atoms with van der Waals surface area (Å²) in [7, 11) is 1.90. The zero-order chi connectivity index (χ0) is 20.4. The Morgan fingerprint density at radius 2 is 2.00 bits per heavy atom. The maximum atomic E-state index is 12.9. The standard InChI is InChI=1S/C22H28N6O.ClH/c1-15-19(16(2)28(26-15)13-17-7-5-4-6-8-17)12-24-22(29)21-11-23-10-20(21)18-9-25-27(3)14-18;/h4-9,14,20-21,23H,10-13H2,1-3H3,(H,24,29);1H/t20-,21+;/m1./s1. The number of benzene rings is 1. The summed E-state index contributed by atoms with van der Waals surface area (Å²) in [6.07, 6.45) is 3.86. The highest BCUT2D eigenvalue weighted by Gasteiger charge is 2.34. The van der Waals surface area contributed by atoms with Crippen molar-refractivity contribution in [2.45, 2.75) is 32.9 Å². The molecular weight excluding hydrogens is 400 g/mol. The van der Waals surface area contributed by atoms with Crippen molar-refractivity contribution < 1.29 is 4.79 Å². The molecule has 1 aromatic carbocycles. The molecule has 0 radical (unpaired) electrons. The number of carbonyl (C=O) groups is 1. The Morgan fingerprint density at radius 1 is 1.23 bits per heavy atom. The molecule has 7 nitrogen and oxygen atoms in total. The Hall–Kier alpha value is -2.64. The van der Waals surface area contributed by atoms with Gasteiger partial charge in [0.2, 0.25) is 5.91 Å². The van der Waals surface area contributed by atoms with E-state index in [1.165, 1.54) is 5.56 Å². The lowest BCUT2D eigenvalue weighted by Crippen LogP contribution is -2.34. The Kier molecular flexibility index (Phi) is 6.95. The van der Waals surface area contributed by atoms with Crippen LogP contribution < -0.4 is 10.6 Å². The summed E-state index contributed by atoms with van der Waals surface area (Å²) in [4.78, 5) is 12.9. The molecule has 1 fully saturated rings. The molecule has 1 saturated heterocycles. The second-order valence-electron chi connectivity index (χ2n) is 7.83. The number of carbonyl (C=O) groups excluding carboxylic acids is 1. The van der Waals surface area contributed by atoms with E-state index in [0.29, 0.717) is 13.1 Å². The van der Waals surface area contributed by atoms with E-state index in [0.717, 1.165) is 35.6 Å². The monoisotopic (exact) mass is 428 g/mol. The molecule has 2 N–H and O–H groups in total. The number of amides is 1. The molecule has 0 bridgehead atoms. The summed E-state index contributed by atoms with van der Waals surface area (Å²) in [5.74, 6) is 0.157. The van der Waals surface area contributed by atoms with Crippen molar-refractivity contribution in [2.75, 3.05) is 13.1 Å². The van der Waals surface area contributed by atoms with Gasteiger partial charge < -0.3 is 10.6 Å². The molecule has 2 atom stereocenters. The van der Waals surface area contributed by atoms with Gasteiger partial charge in [0.05, 0.1) is 24.4 Å². The van der Waals surface area contributed by atoms with Gasteiger partial charge in [-0.1, -0.05) is 30.3 Å². The predicted octanol–water partition coefficient (Wildman–Crippen LogP) is 2.32. The first-order chi connectivity index (χ1) is 14.0. The van der Waals surface area contributed by atoms with Crippen LogP contribution >= 0.6 is 12.4 Å². The van der Waals surface area contributed by atoms with Crippen LogP contribution in [-0.4, -0.2) is 38.6 Å². The van der Waals surface area contributed by atoms with E-state index < -0.39 is 0 Å². The van der Waals surface area contributed by atoms with Crippen LogP contribution in [-0.2, 0) is 24.9 Å². The van der Waals surface area contributed by atoms with Gasteiger partial charge in [-0.15, -0.1) is 12.4 Å². The fourth-order valence-corrected chi connectivity index (χ4v) is 4.14. The number of nitrogens with zero attached hydrogens (tertiary/aromatic N) is 4. The molecule has 8 heteroatoms. The first-order valence-electron chi connectivity index (χ1n) is 10.1. The Bertz CT molecular complexity index is 996. The first kappa shape index (κ1) is 22.1. The second kappa shape index (κ2) is 9.45. The molecule has 3 aromatic rings. The lowest BCUT2D eigenvalue weighted by atomic mass is 9.90. The number of hydrogen-bond donors (Lipinski definition) is 2. The van der Waals surface area contributed by atoms with E-state index in [4.69, 9.17) is 0 Å². The number of hydrogen-bond acceptors (Lipinski definition) is 4. The molecule has 0 aliphatic carbocycles. The molecule has 0 unspecified atom stereocenters. The third-order valence-electron chi connectivity index (χ3n) is 5.85. The van der Waals surface area contributed by atoms with Gasteiger partial charge in [-0.05, 0) is 25.0 Å². The normalized spacial score (nSPS) is 18.2. The minimum absolute atomic E-state index is 0. The highest BCUT2D eigenvalue weighted by Crippen LogP contribution is 2.28. The SMILES string of the molecule is Cc1nn(Cc2ccccc2)c(C)c1CNC(=O)[C@H]1CNC[C@@H]1c1cnn(C)c1.Cl. The zero-order valence-corrected chi connectivity index (χ0v) is 18.4. The van der Waals surface area contributed by atoms with Crippen molar-refractivity contribution >= 4 is 18.3 Å². The van der Waals surface area contributed by atoms with E-state index in [1.54, 1.807) is 4.68 Å².